The molecule has 0 amide bonds. The molecular formula is C22H31NO5S. The highest BCUT2D eigenvalue weighted by Crippen LogP contribution is 2.28. The molecular weight excluding hydrogens is 390 g/mol. The van der Waals surface area contributed by atoms with Crippen LogP contribution in [0.25, 0.3) is 6.08 Å². The molecule has 1 aliphatic rings. The second-order valence-corrected chi connectivity index (χ2v) is 8.98. The molecule has 2 atom stereocenters. The summed E-state index contributed by atoms with van der Waals surface area (Å²) in [4.78, 5) is 10.5. The van der Waals surface area contributed by atoms with Gasteiger partial charge in [0, 0.05) is 17.9 Å². The Balaban J connectivity index is 1.91. The predicted octanol–water partition coefficient (Wildman–Crippen LogP) is 4.35. The van der Waals surface area contributed by atoms with E-state index in [-0.39, 0.29) is 18.4 Å². The normalized spacial score (nSPS) is 20.3. The second-order valence-electron chi connectivity index (χ2n) is 7.39. The number of hydrogen-bond donors (Lipinski definition) is 2. The maximum absolute atomic E-state index is 12.5. The SMILES string of the molecule is COc1cccc(C=CS(=O)(=O)NC2CCCCC2CC=CCCCC(=O)O)c1. The number of nitrogens with one attached hydrogen (secondary N) is 1. The van der Waals surface area contributed by atoms with Gasteiger partial charge in [0.1, 0.15) is 5.75 Å². The van der Waals surface area contributed by atoms with E-state index >= 15 is 0 Å². The Hall–Kier alpha value is -2.12. The highest BCUT2D eigenvalue weighted by atomic mass is 32.2. The lowest BCUT2D eigenvalue weighted by atomic mass is 9.83. The molecule has 0 bridgehead atoms. The maximum Gasteiger partial charge on any atom is 0.303 e. The Labute approximate surface area is 173 Å². The number of hydrogen-bond acceptors (Lipinski definition) is 4. The first-order valence-corrected chi connectivity index (χ1v) is 11.7. The molecule has 7 heteroatoms. The van der Waals surface area contributed by atoms with E-state index in [9.17, 15) is 13.2 Å². The van der Waals surface area contributed by atoms with Gasteiger partial charge in [0.25, 0.3) is 0 Å². The Morgan fingerprint density at radius 1 is 1.28 bits per heavy atom. The van der Waals surface area contributed by atoms with E-state index in [4.69, 9.17) is 9.84 Å². The van der Waals surface area contributed by atoms with E-state index in [1.165, 1.54) is 5.41 Å². The standard InChI is InChI=1S/C22H31NO5S/c1-28-20-12-8-9-18(17-20)15-16-29(26,27)23-21-13-7-6-11-19(21)10-4-2-3-5-14-22(24)25/h2,4,8-9,12,15-17,19,21,23H,3,5-7,10-11,13-14H2,1H3,(H,24,25). The van der Waals surface area contributed by atoms with Crippen LogP contribution in [0.5, 0.6) is 5.75 Å². The van der Waals surface area contributed by atoms with Crippen molar-refractivity contribution in [3.63, 3.8) is 0 Å². The van der Waals surface area contributed by atoms with Crippen molar-refractivity contribution in [2.45, 2.75) is 57.4 Å². The average Bonchev–Trinajstić information content (AvgIpc) is 2.70. The van der Waals surface area contributed by atoms with Crippen molar-refractivity contribution in [1.29, 1.82) is 0 Å². The van der Waals surface area contributed by atoms with E-state index in [2.05, 4.69) is 10.8 Å². The molecule has 0 saturated heterocycles. The fourth-order valence-electron chi connectivity index (χ4n) is 3.57. The predicted molar refractivity (Wildman–Crippen MR) is 115 cm³/mol. The summed E-state index contributed by atoms with van der Waals surface area (Å²) in [6.45, 7) is 0. The Bertz CT molecular complexity index is 816. The summed E-state index contributed by atoms with van der Waals surface area (Å²) in [7, 11) is -1.97. The summed E-state index contributed by atoms with van der Waals surface area (Å²) in [5, 5.41) is 9.88. The van der Waals surface area contributed by atoms with Crippen LogP contribution in [0.2, 0.25) is 0 Å². The van der Waals surface area contributed by atoms with Crippen molar-refractivity contribution in [2.75, 3.05) is 7.11 Å². The van der Waals surface area contributed by atoms with E-state index in [1.807, 2.05) is 24.3 Å². The first-order chi connectivity index (χ1) is 13.9. The molecule has 1 aromatic rings. The molecule has 160 valence electrons. The summed E-state index contributed by atoms with van der Waals surface area (Å²) in [5.74, 6) is 0.168. The van der Waals surface area contributed by atoms with E-state index in [1.54, 1.807) is 19.3 Å². The molecule has 6 nitrogen and oxygen atoms in total. The molecule has 0 heterocycles. The van der Waals surface area contributed by atoms with Gasteiger partial charge in [-0.1, -0.05) is 37.1 Å². The molecule has 1 aromatic carbocycles. The van der Waals surface area contributed by atoms with Gasteiger partial charge in [0.05, 0.1) is 7.11 Å². The first-order valence-electron chi connectivity index (χ1n) is 10.1. The number of unbranched alkanes of at least 4 members (excludes halogenated alkanes) is 1. The van der Waals surface area contributed by atoms with Crippen LogP contribution in [0.3, 0.4) is 0 Å². The third kappa shape index (κ3) is 8.83. The third-order valence-electron chi connectivity index (χ3n) is 5.13. The van der Waals surface area contributed by atoms with Gasteiger partial charge in [-0.2, -0.15) is 0 Å². The molecule has 0 aromatic heterocycles. The molecule has 29 heavy (non-hydrogen) atoms. The number of sulfonamides is 1. The van der Waals surface area contributed by atoms with Crippen LogP contribution in [0.1, 0.15) is 56.9 Å². The lowest BCUT2D eigenvalue weighted by molar-refractivity contribution is -0.137. The summed E-state index contributed by atoms with van der Waals surface area (Å²) in [5.41, 5.74) is 0.763. The van der Waals surface area contributed by atoms with Gasteiger partial charge in [-0.3, -0.25) is 4.79 Å². The van der Waals surface area contributed by atoms with Crippen molar-refractivity contribution in [2.24, 2.45) is 5.92 Å². The monoisotopic (exact) mass is 421 g/mol. The van der Waals surface area contributed by atoms with Crippen molar-refractivity contribution >= 4 is 22.1 Å². The number of aliphatic carboxylic acids is 1. The lowest BCUT2D eigenvalue weighted by Gasteiger charge is -2.31. The van der Waals surface area contributed by atoms with E-state index < -0.39 is 16.0 Å². The number of carboxylic acid groups (broad SMARTS) is 1. The van der Waals surface area contributed by atoms with E-state index in [0.717, 1.165) is 44.1 Å². The molecule has 2 N–H and O–H groups in total. The zero-order valence-corrected chi connectivity index (χ0v) is 17.7. The van der Waals surface area contributed by atoms with Gasteiger partial charge >= 0.3 is 5.97 Å². The van der Waals surface area contributed by atoms with E-state index in [0.29, 0.717) is 12.2 Å². The zero-order chi connectivity index (χ0) is 21.1. The smallest absolute Gasteiger partial charge is 0.303 e. The molecule has 1 fully saturated rings. The zero-order valence-electron chi connectivity index (χ0n) is 16.9. The van der Waals surface area contributed by atoms with Gasteiger partial charge in [-0.25, -0.2) is 13.1 Å². The maximum atomic E-state index is 12.5. The summed E-state index contributed by atoms with van der Waals surface area (Å²) in [6, 6.07) is 7.16. The number of carboxylic acids is 1. The molecule has 1 aliphatic carbocycles. The third-order valence-corrected chi connectivity index (χ3v) is 6.25. The minimum Gasteiger partial charge on any atom is -0.497 e. The first kappa shape index (κ1) is 23.2. The average molecular weight is 422 g/mol. The summed E-state index contributed by atoms with van der Waals surface area (Å²) in [6.07, 6.45) is 11.9. The number of methoxy groups -OCH3 is 1. The minimum atomic E-state index is -3.54. The van der Waals surface area contributed by atoms with Crippen LogP contribution in [-0.4, -0.2) is 32.6 Å². The van der Waals surface area contributed by atoms with Crippen LogP contribution in [0.15, 0.2) is 41.8 Å². The Morgan fingerprint density at radius 2 is 2.07 bits per heavy atom. The van der Waals surface area contributed by atoms with Gasteiger partial charge in [0.15, 0.2) is 0 Å². The molecule has 1 saturated carbocycles. The van der Waals surface area contributed by atoms with Gasteiger partial charge < -0.3 is 9.84 Å². The van der Waals surface area contributed by atoms with Gasteiger partial charge in [-0.15, -0.1) is 0 Å². The van der Waals surface area contributed by atoms with Crippen LogP contribution in [-0.2, 0) is 14.8 Å². The van der Waals surface area contributed by atoms with Crippen LogP contribution in [0.4, 0.5) is 0 Å². The number of carbonyl (C=O) groups is 1. The number of rotatable bonds is 11. The minimum absolute atomic E-state index is 0.0765. The van der Waals surface area contributed by atoms with Crippen LogP contribution >= 0.6 is 0 Å². The molecule has 0 spiro atoms. The van der Waals surface area contributed by atoms with Gasteiger partial charge in [-0.05, 0) is 61.8 Å². The number of benzene rings is 1. The number of allylic oxidation sites excluding steroid dienone is 2. The van der Waals surface area contributed by atoms with Crippen LogP contribution in [0, 0.1) is 5.92 Å². The quantitative estimate of drug-likeness (QED) is 0.409. The Morgan fingerprint density at radius 3 is 2.83 bits per heavy atom. The second kappa shape index (κ2) is 11.8. The molecule has 2 unspecified atom stereocenters. The highest BCUT2D eigenvalue weighted by molar-refractivity contribution is 7.92. The van der Waals surface area contributed by atoms with Crippen molar-refractivity contribution in [3.8, 4) is 5.75 Å². The van der Waals surface area contributed by atoms with Crippen molar-refractivity contribution in [1.82, 2.24) is 4.72 Å². The summed E-state index contributed by atoms with van der Waals surface area (Å²) >= 11 is 0. The fourth-order valence-corrected chi connectivity index (χ4v) is 4.72. The van der Waals surface area contributed by atoms with Gasteiger partial charge in [0.2, 0.25) is 10.0 Å². The molecule has 2 rings (SSSR count). The van der Waals surface area contributed by atoms with Crippen molar-refractivity contribution < 1.29 is 23.1 Å². The topological polar surface area (TPSA) is 92.7 Å². The fraction of sp³-hybridized carbons (Fsp3) is 0.500. The highest BCUT2D eigenvalue weighted by Gasteiger charge is 2.27. The molecule has 0 radical (unpaired) electrons. The molecule has 0 aliphatic heterocycles. The Kier molecular flexibility index (Phi) is 9.41. The van der Waals surface area contributed by atoms with Crippen LogP contribution < -0.4 is 9.46 Å². The van der Waals surface area contributed by atoms with Crippen molar-refractivity contribution in [3.05, 3.63) is 47.4 Å². The summed E-state index contributed by atoms with van der Waals surface area (Å²) < 4.78 is 33.1. The number of ether oxygens (including phenoxy) is 1. The largest absolute Gasteiger partial charge is 0.497 e. The lowest BCUT2D eigenvalue weighted by Crippen LogP contribution is -2.41.